The number of hydrogen-bond acceptors (Lipinski definition) is 2. The fourth-order valence-electron chi connectivity index (χ4n) is 7.83. The van der Waals surface area contributed by atoms with Crippen LogP contribution in [0, 0.1) is 6.92 Å². The molecule has 0 saturated heterocycles. The maximum atomic E-state index is 7.50. The topological polar surface area (TPSA) is 48.2 Å². The fraction of sp³-hybridized carbons (Fsp3) is 0.128. The van der Waals surface area contributed by atoms with Gasteiger partial charge in [-0.3, -0.25) is 10.7 Å². The third-order valence-corrected chi connectivity index (χ3v) is 10.3. The summed E-state index contributed by atoms with van der Waals surface area (Å²) in [5, 5.41) is 5.03. The molecule has 1 unspecified atom stereocenters. The normalized spacial score (nSPS) is 15.1. The quantitative estimate of drug-likeness (QED) is 0.115. The largest absolute Gasteiger partial charge is 0.340 e. The predicted octanol–water partition coefficient (Wildman–Crippen LogP) is 11.3. The van der Waals surface area contributed by atoms with Gasteiger partial charge in [0.25, 0.3) is 0 Å². The van der Waals surface area contributed by atoms with E-state index in [1.165, 1.54) is 49.2 Å². The number of nitrogens with zero attached hydrogens (tertiary/aromatic N) is 3. The van der Waals surface area contributed by atoms with Gasteiger partial charge in [0, 0.05) is 44.8 Å². The molecule has 0 saturated carbocycles. The Balaban J connectivity index is 1.29. The minimum absolute atomic E-state index is 0.674. The molecule has 0 radical (unpaired) electrons. The molecule has 4 heteroatoms. The molecule has 0 amide bonds. The second-order valence-corrected chi connectivity index (χ2v) is 13.4. The minimum atomic E-state index is -1.10. The molecule has 2 heterocycles. The highest BCUT2D eigenvalue weighted by atomic mass is 15.1. The van der Waals surface area contributed by atoms with E-state index in [0.717, 1.165) is 41.0 Å². The van der Waals surface area contributed by atoms with Crippen LogP contribution in [0.25, 0.3) is 49.3 Å². The maximum Gasteiger partial charge on any atom is 0.156 e. The molecular weight excluding hydrogens is 621 g/mol. The third-order valence-electron chi connectivity index (χ3n) is 10.3. The van der Waals surface area contributed by atoms with Crippen molar-refractivity contribution in [2.24, 2.45) is 10.7 Å². The van der Waals surface area contributed by atoms with Gasteiger partial charge in [0.15, 0.2) is 5.66 Å². The Hall–Kier alpha value is -5.97. The summed E-state index contributed by atoms with van der Waals surface area (Å²) in [5.74, 6) is 0. The summed E-state index contributed by atoms with van der Waals surface area (Å²) in [4.78, 5) is 5.30. The van der Waals surface area contributed by atoms with Crippen molar-refractivity contribution in [3.63, 3.8) is 0 Å². The number of allylic oxidation sites excluding steroid dienone is 5. The molecule has 0 fully saturated rings. The van der Waals surface area contributed by atoms with E-state index in [-0.39, 0.29) is 0 Å². The Labute approximate surface area is 299 Å². The number of aromatic nitrogens is 2. The second-order valence-electron chi connectivity index (χ2n) is 13.4. The molecule has 250 valence electrons. The molecule has 51 heavy (non-hydrogen) atoms. The average molecular weight is 663 g/mol. The Kier molecular flexibility index (Phi) is 8.47. The van der Waals surface area contributed by atoms with Gasteiger partial charge in [-0.2, -0.15) is 0 Å². The van der Waals surface area contributed by atoms with Gasteiger partial charge >= 0.3 is 0 Å². The van der Waals surface area contributed by atoms with Crippen LogP contribution in [0.1, 0.15) is 30.4 Å². The fourth-order valence-corrected chi connectivity index (χ4v) is 7.83. The molecule has 0 spiro atoms. The van der Waals surface area contributed by atoms with Crippen molar-refractivity contribution >= 4 is 49.3 Å². The zero-order valence-corrected chi connectivity index (χ0v) is 29.1. The molecule has 7 aromatic rings. The van der Waals surface area contributed by atoms with Gasteiger partial charge < -0.3 is 9.13 Å². The van der Waals surface area contributed by atoms with Crippen molar-refractivity contribution in [1.29, 1.82) is 0 Å². The lowest BCUT2D eigenvalue weighted by molar-refractivity contribution is 0.570. The van der Waals surface area contributed by atoms with Crippen LogP contribution in [0.5, 0.6) is 0 Å². The van der Waals surface area contributed by atoms with Crippen LogP contribution in [0.15, 0.2) is 181 Å². The Morgan fingerprint density at radius 1 is 0.765 bits per heavy atom. The van der Waals surface area contributed by atoms with Gasteiger partial charge in [-0.1, -0.05) is 128 Å². The van der Waals surface area contributed by atoms with Crippen LogP contribution < -0.4 is 5.73 Å². The molecule has 1 atom stereocenters. The Morgan fingerprint density at radius 2 is 1.43 bits per heavy atom. The predicted molar refractivity (Wildman–Crippen MR) is 218 cm³/mol. The number of hydrogen-bond donors (Lipinski definition) is 1. The minimum Gasteiger partial charge on any atom is -0.340 e. The van der Waals surface area contributed by atoms with Crippen molar-refractivity contribution in [3.8, 4) is 5.69 Å². The number of para-hydroxylation sites is 2. The first-order valence-corrected chi connectivity index (χ1v) is 17.8. The smallest absolute Gasteiger partial charge is 0.156 e. The van der Waals surface area contributed by atoms with Crippen molar-refractivity contribution in [3.05, 3.63) is 187 Å². The lowest BCUT2D eigenvalue weighted by Crippen LogP contribution is -2.43. The molecule has 1 aliphatic rings. The number of aliphatic imine (C=N–C) groups is 1. The number of fused-ring (bicyclic) bond motifs is 7. The zero-order valence-electron chi connectivity index (χ0n) is 29.1. The summed E-state index contributed by atoms with van der Waals surface area (Å²) >= 11 is 0. The summed E-state index contributed by atoms with van der Waals surface area (Å²) in [6.07, 6.45) is 14.9. The average Bonchev–Trinajstić information content (AvgIpc) is 3.69. The van der Waals surface area contributed by atoms with E-state index in [2.05, 4.69) is 151 Å². The van der Waals surface area contributed by atoms with Gasteiger partial charge in [0.2, 0.25) is 0 Å². The summed E-state index contributed by atoms with van der Waals surface area (Å²) in [7, 11) is 0. The van der Waals surface area contributed by atoms with Crippen molar-refractivity contribution < 1.29 is 0 Å². The van der Waals surface area contributed by atoms with E-state index < -0.39 is 5.66 Å². The molecule has 0 bridgehead atoms. The van der Waals surface area contributed by atoms with Gasteiger partial charge in [-0.15, -0.1) is 0 Å². The van der Waals surface area contributed by atoms with E-state index in [0.29, 0.717) is 13.0 Å². The molecule has 1 aliphatic carbocycles. The number of rotatable bonds is 10. The first-order valence-electron chi connectivity index (χ1n) is 17.8. The summed E-state index contributed by atoms with van der Waals surface area (Å²) in [5.41, 5.74) is 17.3. The van der Waals surface area contributed by atoms with Crippen LogP contribution in [0.3, 0.4) is 0 Å². The van der Waals surface area contributed by atoms with Crippen molar-refractivity contribution in [2.45, 2.75) is 38.4 Å². The van der Waals surface area contributed by atoms with E-state index in [1.807, 2.05) is 24.3 Å². The van der Waals surface area contributed by atoms with Crippen LogP contribution in [0.4, 0.5) is 0 Å². The molecule has 2 N–H and O–H groups in total. The third kappa shape index (κ3) is 5.58. The van der Waals surface area contributed by atoms with Crippen LogP contribution in [-0.4, -0.2) is 20.5 Å². The van der Waals surface area contributed by atoms with Gasteiger partial charge in [-0.25, -0.2) is 0 Å². The highest BCUT2D eigenvalue weighted by molar-refractivity contribution is 6.28. The van der Waals surface area contributed by atoms with E-state index in [9.17, 15) is 0 Å². The molecule has 0 aliphatic heterocycles. The number of nitrogens with two attached hydrogens (primary N) is 1. The van der Waals surface area contributed by atoms with Crippen LogP contribution >= 0.6 is 0 Å². The highest BCUT2D eigenvalue weighted by Crippen LogP contribution is 2.42. The van der Waals surface area contributed by atoms with Crippen molar-refractivity contribution in [2.75, 3.05) is 0 Å². The monoisotopic (exact) mass is 662 g/mol. The van der Waals surface area contributed by atoms with Crippen LogP contribution in [0.2, 0.25) is 0 Å². The van der Waals surface area contributed by atoms with Crippen LogP contribution in [-0.2, 0) is 6.54 Å². The highest BCUT2D eigenvalue weighted by Gasteiger charge is 2.33. The number of aryl methyl sites for hydroxylation is 2. The summed E-state index contributed by atoms with van der Waals surface area (Å²) < 4.78 is 4.86. The van der Waals surface area contributed by atoms with Gasteiger partial charge in [0.05, 0.1) is 16.7 Å². The Bertz CT molecular complexity index is 2570. The number of benzene rings is 5. The molecule has 5 aromatic carbocycles. The standard InChI is InChI=1S/C47H42N4/c1-4-16-35(47(48,36-19-10-7-11-20-36)49-40(5-2)34-17-8-6-9-18-34)31-32-50-41-23-14-12-21-38(41)45-43(50)29-30-44-46(45)39-22-13-15-24-42(39)51(44)37-27-25-33(3)26-28-37/h4-6,8-10,12-30H,1-2,7,11,31-32,48H2,3H3/b35-16+,49-40+. The SMILES string of the molecule is C=C/C=C(\CCn1c2ccccc2c2c3c4ccccc4n(-c4ccc(C)cc4)c3ccc21)C(N)(/N=C(\C=C)c1ccccc1)C1=CCCC=C1. The maximum absolute atomic E-state index is 7.50. The van der Waals surface area contributed by atoms with Crippen molar-refractivity contribution in [1.82, 2.24) is 9.13 Å². The molecule has 4 nitrogen and oxygen atoms in total. The summed E-state index contributed by atoms with van der Waals surface area (Å²) in [6, 6.07) is 41.1. The first-order chi connectivity index (χ1) is 25.0. The molecule has 2 aromatic heterocycles. The van der Waals surface area contributed by atoms with E-state index >= 15 is 0 Å². The lowest BCUT2D eigenvalue weighted by atomic mass is 9.86. The van der Waals surface area contributed by atoms with Gasteiger partial charge in [-0.05, 0) is 85.4 Å². The van der Waals surface area contributed by atoms with E-state index in [4.69, 9.17) is 10.7 Å². The second kappa shape index (κ2) is 13.4. The first kappa shape index (κ1) is 32.2. The zero-order chi connectivity index (χ0) is 35.0. The molecular formula is C47H42N4. The van der Waals surface area contributed by atoms with E-state index in [1.54, 1.807) is 6.08 Å². The van der Waals surface area contributed by atoms with Gasteiger partial charge in [0.1, 0.15) is 0 Å². The Morgan fingerprint density at radius 3 is 2.14 bits per heavy atom. The lowest BCUT2D eigenvalue weighted by Gasteiger charge is -2.32. The molecule has 8 rings (SSSR count). The summed E-state index contributed by atoms with van der Waals surface area (Å²) in [6.45, 7) is 11.1.